The summed E-state index contributed by atoms with van der Waals surface area (Å²) < 4.78 is 0. The Morgan fingerprint density at radius 3 is 0.868 bits per heavy atom. The lowest BCUT2D eigenvalue weighted by Crippen LogP contribution is -2.07. The van der Waals surface area contributed by atoms with Crippen LogP contribution < -0.4 is 0 Å². The average Bonchev–Trinajstić information content (AvgIpc) is 3.00. The summed E-state index contributed by atoms with van der Waals surface area (Å²) in [7, 11) is 0. The van der Waals surface area contributed by atoms with Gasteiger partial charge in [0.05, 0.1) is 0 Å². The van der Waals surface area contributed by atoms with Gasteiger partial charge in [-0.3, -0.25) is 0 Å². The molecule has 0 aromatic heterocycles. The molecule has 5 rings (SSSR count). The molecular formula is C38H38. The minimum absolute atomic E-state index is 1.09. The van der Waals surface area contributed by atoms with Gasteiger partial charge in [0.1, 0.15) is 0 Å². The van der Waals surface area contributed by atoms with Crippen LogP contribution in [0.25, 0.3) is 44.5 Å². The lowest BCUT2D eigenvalue weighted by Gasteiger charge is -2.28. The number of rotatable bonds is 10. The van der Waals surface area contributed by atoms with Crippen molar-refractivity contribution in [2.45, 2.75) is 52.4 Å². The highest BCUT2D eigenvalue weighted by Gasteiger charge is 2.26. The topological polar surface area (TPSA) is 0 Å². The fourth-order valence-electron chi connectivity index (χ4n) is 5.75. The predicted molar refractivity (Wildman–Crippen MR) is 165 cm³/mol. The minimum Gasteiger partial charge on any atom is -0.0654 e. The Morgan fingerprint density at radius 1 is 0.342 bits per heavy atom. The summed E-state index contributed by atoms with van der Waals surface area (Å²) in [6.45, 7) is 4.62. The third-order valence-corrected chi connectivity index (χ3v) is 7.53. The largest absolute Gasteiger partial charge is 0.0654 e. The first-order valence-corrected chi connectivity index (χ1v) is 14.3. The summed E-state index contributed by atoms with van der Waals surface area (Å²) in [4.78, 5) is 0. The van der Waals surface area contributed by atoms with Crippen LogP contribution in [0.15, 0.2) is 121 Å². The second-order valence-corrected chi connectivity index (χ2v) is 10.1. The Kier molecular flexibility index (Phi) is 8.51. The zero-order valence-corrected chi connectivity index (χ0v) is 22.8. The molecule has 0 heteroatoms. The van der Waals surface area contributed by atoms with Crippen molar-refractivity contribution in [1.82, 2.24) is 0 Å². The highest BCUT2D eigenvalue weighted by molar-refractivity contribution is 6.04. The third-order valence-electron chi connectivity index (χ3n) is 7.53. The molecule has 0 heterocycles. The van der Waals surface area contributed by atoms with Crippen molar-refractivity contribution in [3.8, 4) is 44.5 Å². The minimum atomic E-state index is 1.09. The molecule has 0 spiro atoms. The van der Waals surface area contributed by atoms with Gasteiger partial charge in [-0.15, -0.1) is 0 Å². The van der Waals surface area contributed by atoms with Gasteiger partial charge in [-0.05, 0) is 81.3 Å². The SMILES string of the molecule is CCCCc1c(CCCC)c(-c2ccccc2)c(-c2ccccc2)c(-c2ccccc2)c1-c1ccccc1. The molecule has 0 radical (unpaired) electrons. The molecule has 0 N–H and O–H groups in total. The molecule has 0 fully saturated rings. The summed E-state index contributed by atoms with van der Waals surface area (Å²) in [5.74, 6) is 0. The first-order valence-electron chi connectivity index (χ1n) is 14.3. The maximum atomic E-state index is 2.31. The molecule has 5 aromatic carbocycles. The molecule has 0 unspecified atom stereocenters. The van der Waals surface area contributed by atoms with Crippen molar-refractivity contribution >= 4 is 0 Å². The predicted octanol–water partition coefficient (Wildman–Crippen LogP) is 11.0. The molecule has 190 valence electrons. The van der Waals surface area contributed by atoms with Gasteiger partial charge in [0.25, 0.3) is 0 Å². The summed E-state index contributed by atoms with van der Waals surface area (Å²) in [6.07, 6.45) is 6.92. The fourth-order valence-corrected chi connectivity index (χ4v) is 5.75. The van der Waals surface area contributed by atoms with Crippen LogP contribution in [0, 0.1) is 0 Å². The Labute approximate surface area is 229 Å². The lowest BCUT2D eigenvalue weighted by atomic mass is 9.75. The maximum Gasteiger partial charge on any atom is -0.00176 e. The van der Waals surface area contributed by atoms with E-state index in [2.05, 4.69) is 135 Å². The van der Waals surface area contributed by atoms with Crippen LogP contribution >= 0.6 is 0 Å². The van der Waals surface area contributed by atoms with E-state index < -0.39 is 0 Å². The number of hydrogen-bond donors (Lipinski definition) is 0. The fraction of sp³-hybridized carbons (Fsp3) is 0.211. The standard InChI is InChI=1S/C38H38/c1-3-5-27-33-34(28-6-4-2)36(30-21-13-8-14-22-30)38(32-25-17-10-18-26-32)37(31-23-15-9-16-24-31)35(33)29-19-11-7-12-20-29/h7-26H,3-6,27-28H2,1-2H3. The molecule has 0 amide bonds. The molecule has 5 aromatic rings. The molecule has 0 aliphatic carbocycles. The summed E-state index contributed by atoms with van der Waals surface area (Å²) in [5.41, 5.74) is 13.8. The van der Waals surface area contributed by atoms with Crippen molar-refractivity contribution in [1.29, 1.82) is 0 Å². The second-order valence-electron chi connectivity index (χ2n) is 10.1. The molecule has 0 bridgehead atoms. The van der Waals surface area contributed by atoms with Crippen LogP contribution in [-0.4, -0.2) is 0 Å². The Bertz CT molecular complexity index is 1320. The Hall–Kier alpha value is -3.90. The summed E-state index contributed by atoms with van der Waals surface area (Å²) in [6, 6.07) is 44.3. The van der Waals surface area contributed by atoms with Crippen molar-refractivity contribution in [3.63, 3.8) is 0 Å². The van der Waals surface area contributed by atoms with Crippen LogP contribution in [0.1, 0.15) is 50.7 Å². The van der Waals surface area contributed by atoms with E-state index in [1.54, 1.807) is 0 Å². The first-order chi connectivity index (χ1) is 18.8. The molecule has 38 heavy (non-hydrogen) atoms. The van der Waals surface area contributed by atoms with Crippen LogP contribution in [0.2, 0.25) is 0 Å². The zero-order chi connectivity index (χ0) is 26.2. The molecule has 0 saturated carbocycles. The third kappa shape index (κ3) is 5.36. The lowest BCUT2D eigenvalue weighted by molar-refractivity contribution is 0.760. The Balaban J connectivity index is 2.03. The molecule has 0 saturated heterocycles. The van der Waals surface area contributed by atoms with Gasteiger partial charge < -0.3 is 0 Å². The average molecular weight is 495 g/mol. The number of unbranched alkanes of at least 4 members (excludes halogenated alkanes) is 2. The van der Waals surface area contributed by atoms with Gasteiger partial charge in [-0.25, -0.2) is 0 Å². The molecule has 0 aliphatic rings. The maximum absolute atomic E-state index is 2.31. The van der Waals surface area contributed by atoms with Gasteiger partial charge in [-0.2, -0.15) is 0 Å². The summed E-state index contributed by atoms with van der Waals surface area (Å²) in [5, 5.41) is 0. The van der Waals surface area contributed by atoms with E-state index in [1.807, 2.05) is 0 Å². The molecular weight excluding hydrogens is 456 g/mol. The van der Waals surface area contributed by atoms with Crippen molar-refractivity contribution in [2.24, 2.45) is 0 Å². The van der Waals surface area contributed by atoms with E-state index in [0.29, 0.717) is 0 Å². The smallest absolute Gasteiger partial charge is 0.00176 e. The quantitative estimate of drug-likeness (QED) is 0.181. The van der Waals surface area contributed by atoms with Gasteiger partial charge in [-0.1, -0.05) is 148 Å². The number of benzene rings is 5. The van der Waals surface area contributed by atoms with E-state index >= 15 is 0 Å². The van der Waals surface area contributed by atoms with Crippen LogP contribution in [0.3, 0.4) is 0 Å². The molecule has 0 nitrogen and oxygen atoms in total. The highest BCUT2D eigenvalue weighted by Crippen LogP contribution is 2.50. The van der Waals surface area contributed by atoms with Gasteiger partial charge >= 0.3 is 0 Å². The van der Waals surface area contributed by atoms with E-state index in [-0.39, 0.29) is 0 Å². The Morgan fingerprint density at radius 2 is 0.605 bits per heavy atom. The zero-order valence-electron chi connectivity index (χ0n) is 22.8. The van der Waals surface area contributed by atoms with Crippen molar-refractivity contribution < 1.29 is 0 Å². The van der Waals surface area contributed by atoms with Gasteiger partial charge in [0.2, 0.25) is 0 Å². The monoisotopic (exact) mass is 494 g/mol. The number of hydrogen-bond acceptors (Lipinski definition) is 0. The van der Waals surface area contributed by atoms with E-state index in [9.17, 15) is 0 Å². The van der Waals surface area contributed by atoms with E-state index in [0.717, 1.165) is 12.8 Å². The van der Waals surface area contributed by atoms with Crippen molar-refractivity contribution in [2.75, 3.05) is 0 Å². The summed E-state index contributed by atoms with van der Waals surface area (Å²) >= 11 is 0. The van der Waals surface area contributed by atoms with E-state index in [4.69, 9.17) is 0 Å². The second kappa shape index (κ2) is 12.6. The highest BCUT2D eigenvalue weighted by atomic mass is 14.3. The van der Waals surface area contributed by atoms with Crippen LogP contribution in [-0.2, 0) is 12.8 Å². The normalized spacial score (nSPS) is 11.0. The first kappa shape index (κ1) is 25.7. The van der Waals surface area contributed by atoms with Gasteiger partial charge in [0, 0.05) is 0 Å². The van der Waals surface area contributed by atoms with Crippen LogP contribution in [0.4, 0.5) is 0 Å². The van der Waals surface area contributed by atoms with Gasteiger partial charge in [0.15, 0.2) is 0 Å². The van der Waals surface area contributed by atoms with E-state index in [1.165, 1.54) is 81.3 Å². The molecule has 0 atom stereocenters. The molecule has 0 aliphatic heterocycles. The van der Waals surface area contributed by atoms with Crippen molar-refractivity contribution in [3.05, 3.63) is 132 Å². The van der Waals surface area contributed by atoms with Crippen LogP contribution in [0.5, 0.6) is 0 Å².